The topological polar surface area (TPSA) is 32.3 Å². The lowest BCUT2D eigenvalue weighted by Crippen LogP contribution is -2.32. The predicted octanol–water partition coefficient (Wildman–Crippen LogP) is 3.77. The number of likely N-dealkylation sites (tertiary alicyclic amines) is 1. The molecule has 1 amide bonds. The van der Waals surface area contributed by atoms with Gasteiger partial charge in [-0.05, 0) is 56.4 Å². The monoisotopic (exact) mass is 274 g/mol. The van der Waals surface area contributed by atoms with E-state index in [0.717, 1.165) is 49.6 Å². The summed E-state index contributed by atoms with van der Waals surface area (Å²) in [6, 6.07) is 7.85. The third kappa shape index (κ3) is 3.75. The fourth-order valence-corrected chi connectivity index (χ4v) is 2.89. The summed E-state index contributed by atoms with van der Waals surface area (Å²) >= 11 is 0. The van der Waals surface area contributed by atoms with Gasteiger partial charge in [0.2, 0.25) is 0 Å². The highest BCUT2D eigenvalue weighted by atomic mass is 16.2. The van der Waals surface area contributed by atoms with Crippen molar-refractivity contribution in [1.82, 2.24) is 4.90 Å². The molecule has 110 valence electrons. The number of nitrogens with zero attached hydrogens (tertiary/aromatic N) is 1. The van der Waals surface area contributed by atoms with Gasteiger partial charge in [-0.1, -0.05) is 13.3 Å². The Hall–Kier alpha value is -1.51. The molecule has 1 fully saturated rings. The minimum atomic E-state index is 0.185. The third-order valence-corrected chi connectivity index (χ3v) is 4.22. The van der Waals surface area contributed by atoms with Crippen LogP contribution in [0.15, 0.2) is 24.3 Å². The van der Waals surface area contributed by atoms with Gasteiger partial charge in [-0.2, -0.15) is 0 Å². The summed E-state index contributed by atoms with van der Waals surface area (Å²) in [5.74, 6) is 0.980. The molecule has 1 heterocycles. The van der Waals surface area contributed by atoms with Crippen LogP contribution in [0.25, 0.3) is 0 Å². The van der Waals surface area contributed by atoms with Crippen LogP contribution in [0.2, 0.25) is 0 Å². The number of carbonyl (C=O) groups excluding carboxylic acids is 1. The normalized spacial score (nSPS) is 19.5. The van der Waals surface area contributed by atoms with Gasteiger partial charge in [0, 0.05) is 30.9 Å². The van der Waals surface area contributed by atoms with Crippen LogP contribution >= 0.6 is 0 Å². The van der Waals surface area contributed by atoms with Gasteiger partial charge in [-0.3, -0.25) is 4.79 Å². The first-order valence-corrected chi connectivity index (χ1v) is 7.87. The van der Waals surface area contributed by atoms with Gasteiger partial charge < -0.3 is 10.2 Å². The minimum Gasteiger partial charge on any atom is -0.385 e. The van der Waals surface area contributed by atoms with Crippen molar-refractivity contribution in [2.75, 3.05) is 25.0 Å². The van der Waals surface area contributed by atoms with Gasteiger partial charge in [0.25, 0.3) is 5.91 Å². The van der Waals surface area contributed by atoms with E-state index in [4.69, 9.17) is 0 Å². The molecule has 0 aromatic heterocycles. The molecule has 1 saturated heterocycles. The number of carbonyl (C=O) groups is 1. The highest BCUT2D eigenvalue weighted by Gasteiger charge is 2.20. The largest absolute Gasteiger partial charge is 0.385 e. The van der Waals surface area contributed by atoms with E-state index in [1.54, 1.807) is 0 Å². The van der Waals surface area contributed by atoms with E-state index in [1.165, 1.54) is 12.8 Å². The maximum atomic E-state index is 12.5. The van der Waals surface area contributed by atoms with Crippen LogP contribution in [0.1, 0.15) is 49.9 Å². The highest BCUT2D eigenvalue weighted by molar-refractivity contribution is 5.94. The lowest BCUT2D eigenvalue weighted by Gasteiger charge is -2.20. The molecule has 0 saturated carbocycles. The van der Waals surface area contributed by atoms with E-state index in [0.29, 0.717) is 0 Å². The van der Waals surface area contributed by atoms with Crippen LogP contribution in [0.5, 0.6) is 0 Å². The van der Waals surface area contributed by atoms with Crippen molar-refractivity contribution in [3.8, 4) is 0 Å². The zero-order valence-corrected chi connectivity index (χ0v) is 12.7. The highest BCUT2D eigenvalue weighted by Crippen LogP contribution is 2.21. The van der Waals surface area contributed by atoms with E-state index in [9.17, 15) is 4.79 Å². The van der Waals surface area contributed by atoms with Gasteiger partial charge in [0.15, 0.2) is 0 Å². The number of amides is 1. The van der Waals surface area contributed by atoms with Gasteiger partial charge >= 0.3 is 0 Å². The Morgan fingerprint density at radius 3 is 2.60 bits per heavy atom. The molecule has 1 aromatic rings. The van der Waals surface area contributed by atoms with Gasteiger partial charge in [-0.15, -0.1) is 0 Å². The maximum Gasteiger partial charge on any atom is 0.253 e. The summed E-state index contributed by atoms with van der Waals surface area (Å²) in [6.45, 7) is 7.04. The second-order valence-electron chi connectivity index (χ2n) is 5.61. The first-order valence-electron chi connectivity index (χ1n) is 7.87. The van der Waals surface area contributed by atoms with Crippen molar-refractivity contribution < 1.29 is 4.79 Å². The summed E-state index contributed by atoms with van der Waals surface area (Å²) < 4.78 is 0. The standard InChI is InChI=1S/C17H26N2O/c1-3-14-6-5-12-19(13-11-14)17(20)15-7-9-16(10-8-15)18-4-2/h7-10,14,18H,3-6,11-13H2,1-2H3. The van der Waals surface area contributed by atoms with E-state index in [2.05, 4.69) is 19.2 Å². The number of rotatable bonds is 4. The number of hydrogen-bond donors (Lipinski definition) is 1. The van der Waals surface area contributed by atoms with Crippen molar-refractivity contribution in [2.45, 2.75) is 39.5 Å². The molecule has 3 nitrogen and oxygen atoms in total. The zero-order chi connectivity index (χ0) is 14.4. The molecule has 3 heteroatoms. The molecular weight excluding hydrogens is 248 g/mol. The number of hydrogen-bond acceptors (Lipinski definition) is 2. The molecule has 1 atom stereocenters. The van der Waals surface area contributed by atoms with Crippen molar-refractivity contribution >= 4 is 11.6 Å². The van der Waals surface area contributed by atoms with Crippen LogP contribution in [0.3, 0.4) is 0 Å². The molecule has 0 bridgehead atoms. The maximum absolute atomic E-state index is 12.5. The average Bonchev–Trinajstić information content (AvgIpc) is 2.73. The fourth-order valence-electron chi connectivity index (χ4n) is 2.89. The molecule has 1 aromatic carbocycles. The SMILES string of the molecule is CCNc1ccc(C(=O)N2CCCC(CC)CC2)cc1. The van der Waals surface area contributed by atoms with Gasteiger partial charge in [0.05, 0.1) is 0 Å². The smallest absolute Gasteiger partial charge is 0.253 e. The second-order valence-corrected chi connectivity index (χ2v) is 5.61. The number of nitrogens with one attached hydrogen (secondary N) is 1. The summed E-state index contributed by atoms with van der Waals surface area (Å²) in [6.07, 6.45) is 4.79. The summed E-state index contributed by atoms with van der Waals surface area (Å²) in [7, 11) is 0. The Bertz CT molecular complexity index is 427. The molecule has 0 spiro atoms. The van der Waals surface area contributed by atoms with Crippen LogP contribution in [-0.2, 0) is 0 Å². The lowest BCUT2D eigenvalue weighted by atomic mass is 9.98. The first kappa shape index (κ1) is 14.9. The van der Waals surface area contributed by atoms with Gasteiger partial charge in [-0.25, -0.2) is 0 Å². The molecule has 0 radical (unpaired) electrons. The van der Waals surface area contributed by atoms with Crippen LogP contribution in [0.4, 0.5) is 5.69 Å². The van der Waals surface area contributed by atoms with Crippen molar-refractivity contribution in [3.05, 3.63) is 29.8 Å². The molecule has 0 aliphatic carbocycles. The first-order chi connectivity index (χ1) is 9.74. The van der Waals surface area contributed by atoms with Crippen LogP contribution in [-0.4, -0.2) is 30.4 Å². The fraction of sp³-hybridized carbons (Fsp3) is 0.588. The van der Waals surface area contributed by atoms with E-state index < -0.39 is 0 Å². The Balaban J connectivity index is 1.99. The Morgan fingerprint density at radius 2 is 1.95 bits per heavy atom. The summed E-state index contributed by atoms with van der Waals surface area (Å²) in [4.78, 5) is 14.5. The summed E-state index contributed by atoms with van der Waals surface area (Å²) in [5.41, 5.74) is 1.88. The Kier molecular flexibility index (Phi) is 5.45. The molecule has 1 unspecified atom stereocenters. The van der Waals surface area contributed by atoms with Crippen LogP contribution < -0.4 is 5.32 Å². The number of benzene rings is 1. The second kappa shape index (κ2) is 7.32. The Morgan fingerprint density at radius 1 is 1.20 bits per heavy atom. The third-order valence-electron chi connectivity index (χ3n) is 4.22. The van der Waals surface area contributed by atoms with E-state index in [1.807, 2.05) is 29.2 Å². The van der Waals surface area contributed by atoms with E-state index in [-0.39, 0.29) is 5.91 Å². The van der Waals surface area contributed by atoms with Crippen LogP contribution in [0, 0.1) is 5.92 Å². The molecular formula is C17H26N2O. The molecule has 1 aliphatic rings. The molecule has 20 heavy (non-hydrogen) atoms. The predicted molar refractivity (Wildman–Crippen MR) is 84.1 cm³/mol. The Labute approximate surface area is 122 Å². The van der Waals surface area contributed by atoms with Crippen molar-refractivity contribution in [3.63, 3.8) is 0 Å². The van der Waals surface area contributed by atoms with Crippen molar-refractivity contribution in [2.24, 2.45) is 5.92 Å². The zero-order valence-electron chi connectivity index (χ0n) is 12.7. The molecule has 2 rings (SSSR count). The number of anilines is 1. The summed E-state index contributed by atoms with van der Waals surface area (Å²) in [5, 5.41) is 3.25. The lowest BCUT2D eigenvalue weighted by molar-refractivity contribution is 0.0760. The van der Waals surface area contributed by atoms with E-state index >= 15 is 0 Å². The van der Waals surface area contributed by atoms with Gasteiger partial charge in [0.1, 0.15) is 0 Å². The minimum absolute atomic E-state index is 0.185. The average molecular weight is 274 g/mol. The molecule has 1 aliphatic heterocycles. The van der Waals surface area contributed by atoms with Crippen molar-refractivity contribution in [1.29, 1.82) is 0 Å². The quantitative estimate of drug-likeness (QED) is 0.906. The molecule has 1 N–H and O–H groups in total.